The minimum Gasteiger partial charge on any atom is -0.347 e. The number of hydrogen-bond donors (Lipinski definition) is 0. The van der Waals surface area contributed by atoms with Crippen LogP contribution in [0.5, 0.6) is 0 Å². The van der Waals surface area contributed by atoms with Crippen molar-refractivity contribution >= 4 is 11.6 Å². The predicted molar refractivity (Wildman–Crippen MR) is 96.8 cm³/mol. The molecule has 0 atom stereocenters. The number of benzene rings is 1. The maximum absolute atomic E-state index is 4.51. The Hall–Kier alpha value is -3.29. The Kier molecular flexibility index (Phi) is 3.24. The Labute approximate surface area is 150 Å². The molecule has 0 N–H and O–H groups in total. The summed E-state index contributed by atoms with van der Waals surface area (Å²) in [5, 5.41) is 13.2. The van der Waals surface area contributed by atoms with Crippen molar-refractivity contribution in [1.82, 2.24) is 34.3 Å². The van der Waals surface area contributed by atoms with Gasteiger partial charge in [-0.05, 0) is 13.8 Å². The Balaban J connectivity index is 1.56. The molecule has 5 rings (SSSR count). The average molecular weight is 346 g/mol. The van der Waals surface area contributed by atoms with E-state index in [-0.39, 0.29) is 0 Å². The van der Waals surface area contributed by atoms with E-state index in [9.17, 15) is 0 Å². The molecular formula is C18H18N8. The molecule has 1 aliphatic heterocycles. The Morgan fingerprint density at radius 2 is 1.85 bits per heavy atom. The number of aromatic nitrogens is 7. The lowest BCUT2D eigenvalue weighted by Gasteiger charge is -2.31. The van der Waals surface area contributed by atoms with Crippen molar-refractivity contribution in [2.24, 2.45) is 0 Å². The molecule has 0 saturated carbocycles. The standard InChI is InChI=1S/C18H18N8/c1-12-13(2)21-18-19-11-20-26(18)17(12)24-8-9-25-15(10-24)22-23-16(25)14-6-4-3-5-7-14/h3-7,11H,8-10H2,1-2H3. The summed E-state index contributed by atoms with van der Waals surface area (Å²) in [7, 11) is 0. The zero-order valence-electron chi connectivity index (χ0n) is 14.7. The number of aryl methyl sites for hydroxylation is 1. The van der Waals surface area contributed by atoms with Gasteiger partial charge in [-0.1, -0.05) is 30.3 Å². The van der Waals surface area contributed by atoms with Crippen molar-refractivity contribution in [2.45, 2.75) is 26.9 Å². The van der Waals surface area contributed by atoms with Gasteiger partial charge < -0.3 is 9.47 Å². The highest BCUT2D eigenvalue weighted by atomic mass is 15.4. The van der Waals surface area contributed by atoms with Crippen LogP contribution >= 0.6 is 0 Å². The fourth-order valence-corrected chi connectivity index (χ4v) is 3.53. The minimum absolute atomic E-state index is 0.625. The fourth-order valence-electron chi connectivity index (χ4n) is 3.53. The molecule has 0 spiro atoms. The third-order valence-electron chi connectivity index (χ3n) is 4.96. The van der Waals surface area contributed by atoms with Crippen molar-refractivity contribution in [3.05, 3.63) is 53.7 Å². The first-order valence-electron chi connectivity index (χ1n) is 8.62. The summed E-state index contributed by atoms with van der Waals surface area (Å²) in [5.74, 6) is 3.53. The van der Waals surface area contributed by atoms with Crippen molar-refractivity contribution in [1.29, 1.82) is 0 Å². The van der Waals surface area contributed by atoms with E-state index in [4.69, 9.17) is 0 Å². The third-order valence-corrected chi connectivity index (χ3v) is 4.96. The van der Waals surface area contributed by atoms with Gasteiger partial charge in [0, 0.05) is 29.9 Å². The van der Waals surface area contributed by atoms with Gasteiger partial charge in [-0.25, -0.2) is 4.98 Å². The topological polar surface area (TPSA) is 77.0 Å². The average Bonchev–Trinajstić information content (AvgIpc) is 3.29. The first kappa shape index (κ1) is 15.0. The van der Waals surface area contributed by atoms with Crippen molar-refractivity contribution in [3.63, 3.8) is 0 Å². The zero-order valence-corrected chi connectivity index (χ0v) is 14.7. The van der Waals surface area contributed by atoms with Gasteiger partial charge in [0.05, 0.1) is 6.54 Å². The zero-order chi connectivity index (χ0) is 17.7. The highest BCUT2D eigenvalue weighted by molar-refractivity contribution is 5.57. The molecule has 3 aromatic heterocycles. The van der Waals surface area contributed by atoms with Crippen LogP contribution in [0, 0.1) is 13.8 Å². The Morgan fingerprint density at radius 3 is 2.69 bits per heavy atom. The molecule has 1 aromatic carbocycles. The molecule has 0 fully saturated rings. The largest absolute Gasteiger partial charge is 0.347 e. The summed E-state index contributed by atoms with van der Waals surface area (Å²) in [6, 6.07) is 10.2. The lowest BCUT2D eigenvalue weighted by molar-refractivity contribution is 0.553. The second-order valence-electron chi connectivity index (χ2n) is 6.50. The molecule has 130 valence electrons. The van der Waals surface area contributed by atoms with Crippen LogP contribution < -0.4 is 4.90 Å². The van der Waals surface area contributed by atoms with E-state index in [1.54, 1.807) is 6.33 Å². The van der Waals surface area contributed by atoms with Crippen LogP contribution in [0.3, 0.4) is 0 Å². The van der Waals surface area contributed by atoms with E-state index in [2.05, 4.69) is 53.8 Å². The van der Waals surface area contributed by atoms with Gasteiger partial charge in [0.15, 0.2) is 11.6 Å². The van der Waals surface area contributed by atoms with Crippen LogP contribution in [-0.2, 0) is 13.1 Å². The Morgan fingerprint density at radius 1 is 1.00 bits per heavy atom. The van der Waals surface area contributed by atoms with Crippen LogP contribution in [0.2, 0.25) is 0 Å². The number of nitrogens with zero attached hydrogens (tertiary/aromatic N) is 8. The fraction of sp³-hybridized carbons (Fsp3) is 0.278. The van der Waals surface area contributed by atoms with Gasteiger partial charge in [-0.2, -0.15) is 14.6 Å². The molecule has 0 unspecified atom stereocenters. The summed E-state index contributed by atoms with van der Waals surface area (Å²) >= 11 is 0. The maximum atomic E-state index is 4.51. The van der Waals surface area contributed by atoms with E-state index in [0.717, 1.165) is 47.4 Å². The number of fused-ring (bicyclic) bond motifs is 2. The van der Waals surface area contributed by atoms with Gasteiger partial charge >= 0.3 is 0 Å². The quantitative estimate of drug-likeness (QED) is 0.553. The van der Waals surface area contributed by atoms with Crippen LogP contribution in [-0.4, -0.2) is 40.9 Å². The molecule has 4 aromatic rings. The normalized spacial score (nSPS) is 14.0. The second kappa shape index (κ2) is 5.62. The molecule has 1 aliphatic rings. The SMILES string of the molecule is Cc1nc2ncnn2c(N2CCn3c(nnc3-c3ccccc3)C2)c1C. The molecule has 8 heteroatoms. The summed E-state index contributed by atoms with van der Waals surface area (Å²) in [6.45, 7) is 6.44. The van der Waals surface area contributed by atoms with E-state index >= 15 is 0 Å². The maximum Gasteiger partial charge on any atom is 0.254 e. The Bertz CT molecular complexity index is 1100. The lowest BCUT2D eigenvalue weighted by Crippen LogP contribution is -2.36. The minimum atomic E-state index is 0.625. The predicted octanol–water partition coefficient (Wildman–Crippen LogP) is 2.02. The van der Waals surface area contributed by atoms with E-state index in [0.29, 0.717) is 12.3 Å². The van der Waals surface area contributed by atoms with E-state index in [1.807, 2.05) is 29.6 Å². The van der Waals surface area contributed by atoms with Crippen molar-refractivity contribution in [3.8, 4) is 11.4 Å². The van der Waals surface area contributed by atoms with Crippen LogP contribution in [0.1, 0.15) is 17.1 Å². The van der Waals surface area contributed by atoms with Crippen molar-refractivity contribution in [2.75, 3.05) is 11.4 Å². The first-order chi connectivity index (χ1) is 12.7. The first-order valence-corrected chi connectivity index (χ1v) is 8.62. The number of anilines is 1. The van der Waals surface area contributed by atoms with E-state index < -0.39 is 0 Å². The smallest absolute Gasteiger partial charge is 0.254 e. The van der Waals surface area contributed by atoms with Gasteiger partial charge in [-0.15, -0.1) is 10.2 Å². The molecule has 8 nitrogen and oxygen atoms in total. The number of hydrogen-bond acceptors (Lipinski definition) is 6. The van der Waals surface area contributed by atoms with Crippen LogP contribution in [0.4, 0.5) is 5.82 Å². The van der Waals surface area contributed by atoms with Gasteiger partial charge in [0.1, 0.15) is 12.1 Å². The van der Waals surface area contributed by atoms with Crippen LogP contribution in [0.15, 0.2) is 36.7 Å². The van der Waals surface area contributed by atoms with Gasteiger partial charge in [-0.3, -0.25) is 0 Å². The molecule has 4 heterocycles. The van der Waals surface area contributed by atoms with Crippen LogP contribution in [0.25, 0.3) is 17.2 Å². The van der Waals surface area contributed by atoms with E-state index in [1.165, 1.54) is 0 Å². The highest BCUT2D eigenvalue weighted by Gasteiger charge is 2.25. The molecule has 0 saturated heterocycles. The third kappa shape index (κ3) is 2.18. The number of rotatable bonds is 2. The second-order valence-corrected chi connectivity index (χ2v) is 6.50. The summed E-state index contributed by atoms with van der Waals surface area (Å²) in [4.78, 5) is 11.0. The molecule has 0 amide bonds. The lowest BCUT2D eigenvalue weighted by atomic mass is 10.2. The summed E-state index contributed by atoms with van der Waals surface area (Å²) < 4.78 is 4.01. The molecule has 0 aliphatic carbocycles. The summed E-state index contributed by atoms with van der Waals surface area (Å²) in [5.41, 5.74) is 3.17. The van der Waals surface area contributed by atoms with Gasteiger partial charge in [0.25, 0.3) is 5.78 Å². The molecule has 26 heavy (non-hydrogen) atoms. The van der Waals surface area contributed by atoms with Gasteiger partial charge in [0.2, 0.25) is 0 Å². The molecular weight excluding hydrogens is 328 g/mol. The monoisotopic (exact) mass is 346 g/mol. The molecule has 0 bridgehead atoms. The molecule has 0 radical (unpaired) electrons. The van der Waals surface area contributed by atoms with Crippen molar-refractivity contribution < 1.29 is 0 Å². The highest BCUT2D eigenvalue weighted by Crippen LogP contribution is 2.27. The summed E-state index contributed by atoms with van der Waals surface area (Å²) in [6.07, 6.45) is 1.55.